The molecule has 0 spiro atoms. The number of ether oxygens (including phenoxy) is 1. The highest BCUT2D eigenvalue weighted by molar-refractivity contribution is 5.37. The van der Waals surface area contributed by atoms with Gasteiger partial charge in [-0.25, -0.2) is 0 Å². The van der Waals surface area contributed by atoms with Crippen LogP contribution in [0.3, 0.4) is 0 Å². The van der Waals surface area contributed by atoms with Crippen molar-refractivity contribution < 1.29 is 4.74 Å². The molecule has 0 aromatic heterocycles. The molecule has 0 saturated heterocycles. The summed E-state index contributed by atoms with van der Waals surface area (Å²) < 4.78 is 5.68. The van der Waals surface area contributed by atoms with E-state index in [9.17, 15) is 0 Å². The fraction of sp³-hybridized carbons (Fsp3) is 0.625. The van der Waals surface area contributed by atoms with Crippen molar-refractivity contribution >= 4 is 0 Å². The van der Waals surface area contributed by atoms with Gasteiger partial charge in [-0.1, -0.05) is 59.8 Å². The Bertz CT molecular complexity index is 277. The third kappa shape index (κ3) is 4.80. The molecule has 1 nitrogen and oxygen atoms in total. The van der Waals surface area contributed by atoms with Crippen LogP contribution in [0.25, 0.3) is 0 Å². The molecule has 1 heteroatoms. The predicted molar refractivity (Wildman–Crippen MR) is 76.9 cm³/mol. The third-order valence-corrected chi connectivity index (χ3v) is 2.53. The van der Waals surface area contributed by atoms with Gasteiger partial charge in [-0.2, -0.15) is 0 Å². The van der Waals surface area contributed by atoms with E-state index in [0.29, 0.717) is 6.10 Å². The zero-order valence-electron chi connectivity index (χ0n) is 12.5. The van der Waals surface area contributed by atoms with E-state index in [0.717, 1.165) is 12.2 Å². The van der Waals surface area contributed by atoms with Crippen LogP contribution >= 0.6 is 0 Å². The molecule has 0 aromatic carbocycles. The largest absolute Gasteiger partial charge is 0.490 e. The average Bonchev–Trinajstić information content (AvgIpc) is 2.64. The van der Waals surface area contributed by atoms with Crippen LogP contribution in [0.4, 0.5) is 0 Å². The second-order valence-electron chi connectivity index (χ2n) is 4.51. The molecule has 98 valence electrons. The molecule has 1 aliphatic carbocycles. The summed E-state index contributed by atoms with van der Waals surface area (Å²) in [6, 6.07) is 0. The molecule has 0 fully saturated rings. The van der Waals surface area contributed by atoms with Crippen LogP contribution in [0.1, 0.15) is 54.9 Å². The lowest BCUT2D eigenvalue weighted by molar-refractivity contribution is 0.169. The minimum Gasteiger partial charge on any atom is -0.490 e. The summed E-state index contributed by atoms with van der Waals surface area (Å²) in [6.45, 7) is 14.5. The molecular formula is C16H28O. The first-order chi connectivity index (χ1) is 8.07. The van der Waals surface area contributed by atoms with Crippen molar-refractivity contribution in [1.29, 1.82) is 0 Å². The maximum atomic E-state index is 5.68. The molecule has 1 aliphatic heterocycles. The van der Waals surface area contributed by atoms with E-state index in [4.69, 9.17) is 4.74 Å². The first-order valence-electron chi connectivity index (χ1n) is 6.85. The van der Waals surface area contributed by atoms with Crippen LogP contribution in [0.5, 0.6) is 0 Å². The Morgan fingerprint density at radius 2 is 1.59 bits per heavy atom. The normalized spacial score (nSPS) is 23.6. The van der Waals surface area contributed by atoms with Gasteiger partial charge in [0.05, 0.1) is 0 Å². The quantitative estimate of drug-likeness (QED) is 0.558. The van der Waals surface area contributed by atoms with E-state index in [1.807, 2.05) is 27.7 Å². The van der Waals surface area contributed by atoms with E-state index in [1.165, 1.54) is 5.57 Å². The van der Waals surface area contributed by atoms with E-state index in [-0.39, 0.29) is 5.41 Å². The average molecular weight is 236 g/mol. The fourth-order valence-corrected chi connectivity index (χ4v) is 1.70. The standard InChI is InChI=1S/C12H16O.2C2H6/c1-9-8-10-4-6-12(2,3)7-5-11(10)13-9;2*1-2/h4-7,9H,8H2,1-3H3;2*1-2H3. The van der Waals surface area contributed by atoms with E-state index >= 15 is 0 Å². The molecule has 1 heterocycles. The van der Waals surface area contributed by atoms with Crippen molar-refractivity contribution in [3.05, 3.63) is 35.6 Å². The van der Waals surface area contributed by atoms with Crippen LogP contribution in [0.15, 0.2) is 35.6 Å². The van der Waals surface area contributed by atoms with E-state index < -0.39 is 0 Å². The molecule has 1 atom stereocenters. The van der Waals surface area contributed by atoms with Gasteiger partial charge in [0.25, 0.3) is 0 Å². The van der Waals surface area contributed by atoms with Crippen LogP contribution in [0.2, 0.25) is 0 Å². The molecule has 0 aromatic rings. The van der Waals surface area contributed by atoms with Crippen molar-refractivity contribution in [3.63, 3.8) is 0 Å². The Morgan fingerprint density at radius 1 is 1.06 bits per heavy atom. The second kappa shape index (κ2) is 7.37. The smallest absolute Gasteiger partial charge is 0.122 e. The first-order valence-corrected chi connectivity index (χ1v) is 6.85. The van der Waals surface area contributed by atoms with Gasteiger partial charge in [0.1, 0.15) is 11.9 Å². The zero-order valence-corrected chi connectivity index (χ0v) is 12.5. The molecule has 0 saturated carbocycles. The maximum Gasteiger partial charge on any atom is 0.122 e. The minimum absolute atomic E-state index is 0.164. The van der Waals surface area contributed by atoms with Gasteiger partial charge >= 0.3 is 0 Å². The first kappa shape index (κ1) is 16.0. The third-order valence-electron chi connectivity index (χ3n) is 2.53. The van der Waals surface area contributed by atoms with Crippen LogP contribution in [0, 0.1) is 5.41 Å². The lowest BCUT2D eigenvalue weighted by Crippen LogP contribution is -2.03. The second-order valence-corrected chi connectivity index (χ2v) is 4.51. The molecule has 0 radical (unpaired) electrons. The maximum absolute atomic E-state index is 5.68. The summed E-state index contributed by atoms with van der Waals surface area (Å²) in [5.74, 6) is 1.06. The number of hydrogen-bond acceptors (Lipinski definition) is 1. The Hall–Kier alpha value is -0.980. The molecule has 0 N–H and O–H groups in total. The molecule has 17 heavy (non-hydrogen) atoms. The summed E-state index contributed by atoms with van der Waals surface area (Å²) in [6.07, 6.45) is 10.2. The van der Waals surface area contributed by atoms with Crippen molar-refractivity contribution in [2.75, 3.05) is 0 Å². The summed E-state index contributed by atoms with van der Waals surface area (Å²) in [4.78, 5) is 0. The molecular weight excluding hydrogens is 208 g/mol. The summed E-state index contributed by atoms with van der Waals surface area (Å²) >= 11 is 0. The fourth-order valence-electron chi connectivity index (χ4n) is 1.70. The van der Waals surface area contributed by atoms with Gasteiger partial charge in [0, 0.05) is 11.8 Å². The monoisotopic (exact) mass is 236 g/mol. The predicted octanol–water partition coefficient (Wildman–Crippen LogP) is 5.25. The van der Waals surface area contributed by atoms with Gasteiger partial charge in [-0.3, -0.25) is 0 Å². The Labute approximate surface area is 107 Å². The Balaban J connectivity index is 0.000000581. The molecule has 0 bridgehead atoms. The van der Waals surface area contributed by atoms with Crippen LogP contribution < -0.4 is 0 Å². The Kier molecular flexibility index (Phi) is 6.94. The summed E-state index contributed by atoms with van der Waals surface area (Å²) in [5, 5.41) is 0. The van der Waals surface area contributed by atoms with E-state index in [1.54, 1.807) is 0 Å². The minimum atomic E-state index is 0.164. The van der Waals surface area contributed by atoms with Crippen LogP contribution in [-0.2, 0) is 4.74 Å². The topological polar surface area (TPSA) is 9.23 Å². The molecule has 2 rings (SSSR count). The van der Waals surface area contributed by atoms with Gasteiger partial charge in [0.2, 0.25) is 0 Å². The van der Waals surface area contributed by atoms with Gasteiger partial charge in [-0.05, 0) is 18.6 Å². The molecule has 1 unspecified atom stereocenters. The summed E-state index contributed by atoms with van der Waals surface area (Å²) in [5.41, 5.74) is 1.51. The zero-order chi connectivity index (χ0) is 13.5. The molecule has 2 aliphatic rings. The van der Waals surface area contributed by atoms with E-state index in [2.05, 4.69) is 45.1 Å². The number of hydrogen-bond donors (Lipinski definition) is 0. The molecule has 0 amide bonds. The highest BCUT2D eigenvalue weighted by Crippen LogP contribution is 2.32. The SMILES string of the molecule is CC.CC.CC1CC2=C(C=CC(C)(C)C=C2)O1. The highest BCUT2D eigenvalue weighted by Gasteiger charge is 2.22. The highest BCUT2D eigenvalue weighted by atomic mass is 16.5. The van der Waals surface area contributed by atoms with Crippen molar-refractivity contribution in [2.24, 2.45) is 5.41 Å². The van der Waals surface area contributed by atoms with Crippen LogP contribution in [-0.4, -0.2) is 6.10 Å². The van der Waals surface area contributed by atoms with Gasteiger partial charge in [0.15, 0.2) is 0 Å². The Morgan fingerprint density at radius 3 is 2.18 bits per heavy atom. The lowest BCUT2D eigenvalue weighted by Gasteiger charge is -2.13. The number of allylic oxidation sites excluding steroid dienone is 4. The van der Waals surface area contributed by atoms with Crippen molar-refractivity contribution in [1.82, 2.24) is 0 Å². The van der Waals surface area contributed by atoms with Gasteiger partial charge in [-0.15, -0.1) is 0 Å². The number of rotatable bonds is 0. The van der Waals surface area contributed by atoms with Crippen molar-refractivity contribution in [3.8, 4) is 0 Å². The van der Waals surface area contributed by atoms with Crippen molar-refractivity contribution in [2.45, 2.75) is 61.0 Å². The van der Waals surface area contributed by atoms with Gasteiger partial charge < -0.3 is 4.74 Å². The lowest BCUT2D eigenvalue weighted by atomic mass is 9.93. The summed E-state index contributed by atoms with van der Waals surface area (Å²) in [7, 11) is 0.